The number of anilines is 1. The van der Waals surface area contributed by atoms with Gasteiger partial charge in [-0.3, -0.25) is 4.79 Å². The molecular formula is C11H16N2O4. The van der Waals surface area contributed by atoms with Crippen LogP contribution in [0.1, 0.15) is 0 Å². The summed E-state index contributed by atoms with van der Waals surface area (Å²) in [5, 5.41) is 12.1. The molecule has 0 radical (unpaired) electrons. The summed E-state index contributed by atoms with van der Waals surface area (Å²) in [6.07, 6.45) is 0. The number of nitrogens with one attached hydrogen (secondary N) is 1. The first-order valence-corrected chi connectivity index (χ1v) is 5.12. The van der Waals surface area contributed by atoms with Gasteiger partial charge in [0.2, 0.25) is 5.91 Å². The molecule has 6 heteroatoms. The van der Waals surface area contributed by atoms with E-state index in [2.05, 4.69) is 5.32 Å². The number of phenols is 1. The molecule has 0 aromatic heterocycles. The van der Waals surface area contributed by atoms with Crippen molar-refractivity contribution in [3.05, 3.63) is 18.2 Å². The van der Waals surface area contributed by atoms with Gasteiger partial charge in [0.15, 0.2) is 11.5 Å². The summed E-state index contributed by atoms with van der Waals surface area (Å²) < 4.78 is 9.85. The zero-order valence-corrected chi connectivity index (χ0v) is 9.60. The maximum atomic E-state index is 11.4. The molecule has 4 N–H and O–H groups in total. The van der Waals surface area contributed by atoms with E-state index in [0.717, 1.165) is 0 Å². The van der Waals surface area contributed by atoms with Gasteiger partial charge < -0.3 is 25.6 Å². The van der Waals surface area contributed by atoms with Crippen molar-refractivity contribution in [3.63, 3.8) is 0 Å². The molecular weight excluding hydrogens is 224 g/mol. The topological polar surface area (TPSA) is 93.8 Å². The molecule has 0 aliphatic carbocycles. The zero-order valence-electron chi connectivity index (χ0n) is 9.60. The minimum atomic E-state index is -0.303. The van der Waals surface area contributed by atoms with E-state index >= 15 is 0 Å². The molecule has 17 heavy (non-hydrogen) atoms. The lowest BCUT2D eigenvalue weighted by Crippen LogP contribution is -2.20. The lowest BCUT2D eigenvalue weighted by Gasteiger charge is -2.08. The highest BCUT2D eigenvalue weighted by molar-refractivity contribution is 5.92. The van der Waals surface area contributed by atoms with E-state index in [1.807, 2.05) is 0 Å². The fraction of sp³-hybridized carbons (Fsp3) is 0.364. The smallest absolute Gasteiger partial charge is 0.250 e. The summed E-state index contributed by atoms with van der Waals surface area (Å²) in [5.74, 6) is 0.0126. The van der Waals surface area contributed by atoms with Crippen molar-refractivity contribution in [1.82, 2.24) is 0 Å². The Hall–Kier alpha value is -1.79. The third kappa shape index (κ3) is 4.29. The Kier molecular flexibility index (Phi) is 5.25. The summed E-state index contributed by atoms with van der Waals surface area (Å²) >= 11 is 0. The molecule has 94 valence electrons. The van der Waals surface area contributed by atoms with Crippen LogP contribution < -0.4 is 15.8 Å². The molecule has 0 saturated carbocycles. The Balaban J connectivity index is 2.51. The van der Waals surface area contributed by atoms with Crippen molar-refractivity contribution >= 4 is 11.6 Å². The number of hydrogen-bond donors (Lipinski definition) is 3. The first-order chi connectivity index (χ1) is 8.17. The van der Waals surface area contributed by atoms with E-state index in [-0.39, 0.29) is 18.3 Å². The van der Waals surface area contributed by atoms with Crippen LogP contribution >= 0.6 is 0 Å². The van der Waals surface area contributed by atoms with Crippen LogP contribution in [0.5, 0.6) is 11.5 Å². The highest BCUT2D eigenvalue weighted by Crippen LogP contribution is 2.28. The summed E-state index contributed by atoms with van der Waals surface area (Å²) in [6, 6.07) is 4.59. The molecule has 0 saturated heterocycles. The fourth-order valence-corrected chi connectivity index (χ4v) is 1.21. The number of carbonyl (C=O) groups excluding carboxylic acids is 1. The van der Waals surface area contributed by atoms with Gasteiger partial charge in [-0.2, -0.15) is 0 Å². The predicted octanol–water partition coefficient (Wildman–Crippen LogP) is 0.315. The quantitative estimate of drug-likeness (QED) is 0.622. The molecule has 0 aliphatic rings. The first-order valence-electron chi connectivity index (χ1n) is 5.12. The third-order valence-corrected chi connectivity index (χ3v) is 1.96. The van der Waals surface area contributed by atoms with E-state index in [9.17, 15) is 9.90 Å². The maximum Gasteiger partial charge on any atom is 0.250 e. The Bertz CT molecular complexity index is 382. The van der Waals surface area contributed by atoms with Crippen LogP contribution in [-0.2, 0) is 9.53 Å². The van der Waals surface area contributed by atoms with E-state index in [1.165, 1.54) is 13.2 Å². The van der Waals surface area contributed by atoms with Crippen LogP contribution in [0.2, 0.25) is 0 Å². The second-order valence-corrected chi connectivity index (χ2v) is 3.28. The lowest BCUT2D eigenvalue weighted by atomic mass is 10.2. The van der Waals surface area contributed by atoms with Crippen molar-refractivity contribution in [2.75, 3.05) is 32.2 Å². The van der Waals surface area contributed by atoms with E-state index in [4.69, 9.17) is 15.2 Å². The predicted molar refractivity (Wildman–Crippen MR) is 63.2 cm³/mol. The van der Waals surface area contributed by atoms with Gasteiger partial charge in [0.1, 0.15) is 6.61 Å². The van der Waals surface area contributed by atoms with Crippen LogP contribution in [-0.4, -0.2) is 37.9 Å². The molecule has 1 aromatic rings. The van der Waals surface area contributed by atoms with Gasteiger partial charge >= 0.3 is 0 Å². The van der Waals surface area contributed by atoms with Crippen molar-refractivity contribution in [3.8, 4) is 11.5 Å². The number of phenolic OH excluding ortho intramolecular Hbond substituents is 1. The molecule has 0 heterocycles. The van der Waals surface area contributed by atoms with E-state index in [1.54, 1.807) is 12.1 Å². The summed E-state index contributed by atoms with van der Waals surface area (Å²) in [5.41, 5.74) is 5.69. The Morgan fingerprint density at radius 1 is 1.53 bits per heavy atom. The number of carbonyl (C=O) groups is 1. The van der Waals surface area contributed by atoms with Crippen molar-refractivity contribution in [1.29, 1.82) is 0 Å². The molecule has 0 aliphatic heterocycles. The van der Waals surface area contributed by atoms with Crippen molar-refractivity contribution in [2.45, 2.75) is 0 Å². The highest BCUT2D eigenvalue weighted by Gasteiger charge is 2.05. The molecule has 0 fully saturated rings. The number of amides is 1. The van der Waals surface area contributed by atoms with Gasteiger partial charge in [0, 0.05) is 18.3 Å². The van der Waals surface area contributed by atoms with E-state index < -0.39 is 0 Å². The number of benzene rings is 1. The average Bonchev–Trinajstić information content (AvgIpc) is 2.29. The summed E-state index contributed by atoms with van der Waals surface area (Å²) in [6.45, 7) is 0.641. The van der Waals surface area contributed by atoms with E-state index in [0.29, 0.717) is 24.6 Å². The Labute approximate surface area is 99.3 Å². The number of hydrogen-bond acceptors (Lipinski definition) is 5. The molecule has 0 unspecified atom stereocenters. The van der Waals surface area contributed by atoms with Crippen molar-refractivity contribution < 1.29 is 19.4 Å². The molecule has 1 rings (SSSR count). The Morgan fingerprint density at radius 2 is 2.29 bits per heavy atom. The van der Waals surface area contributed by atoms with Gasteiger partial charge in [0.05, 0.1) is 13.7 Å². The molecule has 1 amide bonds. The first kappa shape index (κ1) is 13.3. The third-order valence-electron chi connectivity index (χ3n) is 1.96. The van der Waals surface area contributed by atoms with Crippen LogP contribution in [0, 0.1) is 0 Å². The number of aromatic hydroxyl groups is 1. The molecule has 0 bridgehead atoms. The summed E-state index contributed by atoms with van der Waals surface area (Å²) in [4.78, 5) is 11.4. The van der Waals surface area contributed by atoms with Crippen molar-refractivity contribution in [2.24, 2.45) is 5.73 Å². The minimum Gasteiger partial charge on any atom is -0.504 e. The highest BCUT2D eigenvalue weighted by atomic mass is 16.5. The lowest BCUT2D eigenvalue weighted by molar-refractivity contribution is -0.120. The van der Waals surface area contributed by atoms with Gasteiger partial charge in [-0.1, -0.05) is 0 Å². The molecule has 6 nitrogen and oxygen atoms in total. The van der Waals surface area contributed by atoms with Crippen LogP contribution in [0.3, 0.4) is 0 Å². The Morgan fingerprint density at radius 3 is 2.88 bits per heavy atom. The van der Waals surface area contributed by atoms with Crippen LogP contribution in [0.25, 0.3) is 0 Å². The number of rotatable bonds is 6. The van der Waals surface area contributed by atoms with Gasteiger partial charge in [0.25, 0.3) is 0 Å². The van der Waals surface area contributed by atoms with Gasteiger partial charge in [-0.05, 0) is 12.1 Å². The number of nitrogens with two attached hydrogens (primary N) is 1. The van der Waals surface area contributed by atoms with Crippen LogP contribution in [0.4, 0.5) is 5.69 Å². The standard InChI is InChI=1S/C11H16N2O4/c1-16-10-3-2-8(6-9(10)14)13-11(15)7-17-5-4-12/h2-3,6,14H,4-5,7,12H2,1H3,(H,13,15). The second kappa shape index (κ2) is 6.72. The monoisotopic (exact) mass is 240 g/mol. The number of ether oxygens (including phenoxy) is 2. The minimum absolute atomic E-state index is 0.0341. The van der Waals surface area contributed by atoms with Crippen LogP contribution in [0.15, 0.2) is 18.2 Å². The fourth-order valence-electron chi connectivity index (χ4n) is 1.21. The molecule has 0 atom stereocenters. The number of methoxy groups -OCH3 is 1. The molecule has 1 aromatic carbocycles. The zero-order chi connectivity index (χ0) is 12.7. The summed E-state index contributed by atoms with van der Waals surface area (Å²) in [7, 11) is 1.45. The SMILES string of the molecule is COc1ccc(NC(=O)COCCN)cc1O. The van der Waals surface area contributed by atoms with Gasteiger partial charge in [-0.15, -0.1) is 0 Å². The average molecular weight is 240 g/mol. The normalized spacial score (nSPS) is 10.0. The largest absolute Gasteiger partial charge is 0.504 e. The van der Waals surface area contributed by atoms with Gasteiger partial charge in [-0.25, -0.2) is 0 Å². The second-order valence-electron chi connectivity index (χ2n) is 3.28. The maximum absolute atomic E-state index is 11.4. The molecule has 0 spiro atoms.